The van der Waals surface area contributed by atoms with Crippen molar-refractivity contribution in [3.05, 3.63) is 36.7 Å². The summed E-state index contributed by atoms with van der Waals surface area (Å²) in [4.78, 5) is 7.29. The first-order valence-electron chi connectivity index (χ1n) is 5.33. The minimum absolute atomic E-state index is 0.179. The molecule has 0 bridgehead atoms. The molecule has 0 amide bonds. The van der Waals surface area contributed by atoms with Gasteiger partial charge in [0.25, 0.3) is 0 Å². The maximum absolute atomic E-state index is 5.80. The highest BCUT2D eigenvalue weighted by molar-refractivity contribution is 5.57. The second-order valence-electron chi connectivity index (χ2n) is 4.68. The number of nitrogens with zero attached hydrogens (tertiary/aromatic N) is 1. The quantitative estimate of drug-likeness (QED) is 0.836. The molecule has 3 heteroatoms. The van der Waals surface area contributed by atoms with Gasteiger partial charge in [-0.1, -0.05) is 12.1 Å². The minimum Gasteiger partial charge on any atom is -0.488 e. The largest absolute Gasteiger partial charge is 0.488 e. The predicted molar refractivity (Wildman–Crippen MR) is 64.4 cm³/mol. The number of aromatic nitrogens is 2. The molecule has 1 aromatic carbocycles. The number of imidazole rings is 1. The molecule has 1 N–H and O–H groups in total. The van der Waals surface area contributed by atoms with Gasteiger partial charge in [0, 0.05) is 18.0 Å². The van der Waals surface area contributed by atoms with Crippen molar-refractivity contribution in [2.45, 2.75) is 26.4 Å². The first kappa shape index (κ1) is 10.7. The van der Waals surface area contributed by atoms with E-state index in [1.54, 1.807) is 6.20 Å². The van der Waals surface area contributed by atoms with Crippen LogP contribution in [0, 0.1) is 0 Å². The molecule has 16 heavy (non-hydrogen) atoms. The molecular weight excluding hydrogens is 200 g/mol. The molecule has 1 aromatic heterocycles. The summed E-state index contributed by atoms with van der Waals surface area (Å²) in [5.41, 5.74) is 0.855. The summed E-state index contributed by atoms with van der Waals surface area (Å²) in [5.74, 6) is 1.72. The van der Waals surface area contributed by atoms with E-state index in [0.717, 1.165) is 17.1 Å². The zero-order valence-electron chi connectivity index (χ0n) is 9.82. The molecule has 0 saturated heterocycles. The molecule has 0 saturated carbocycles. The third-order valence-corrected chi connectivity index (χ3v) is 2.03. The van der Waals surface area contributed by atoms with Gasteiger partial charge < -0.3 is 9.72 Å². The highest BCUT2D eigenvalue weighted by atomic mass is 16.5. The lowest BCUT2D eigenvalue weighted by Gasteiger charge is -2.21. The summed E-state index contributed by atoms with van der Waals surface area (Å²) in [5, 5.41) is 0. The van der Waals surface area contributed by atoms with E-state index in [4.69, 9.17) is 4.74 Å². The number of H-pyrrole nitrogens is 1. The van der Waals surface area contributed by atoms with Crippen LogP contribution in [0.3, 0.4) is 0 Å². The highest BCUT2D eigenvalue weighted by Gasteiger charge is 2.12. The van der Waals surface area contributed by atoms with Crippen LogP contribution in [0.25, 0.3) is 11.4 Å². The number of ether oxygens (including phenoxy) is 1. The van der Waals surface area contributed by atoms with Gasteiger partial charge in [-0.25, -0.2) is 4.98 Å². The van der Waals surface area contributed by atoms with Gasteiger partial charge in [-0.15, -0.1) is 0 Å². The molecule has 0 atom stereocenters. The Morgan fingerprint density at radius 3 is 2.69 bits per heavy atom. The average Bonchev–Trinajstić information content (AvgIpc) is 2.68. The third kappa shape index (κ3) is 2.63. The maximum atomic E-state index is 5.80. The van der Waals surface area contributed by atoms with Gasteiger partial charge in [-0.2, -0.15) is 0 Å². The van der Waals surface area contributed by atoms with Crippen LogP contribution < -0.4 is 4.74 Å². The topological polar surface area (TPSA) is 37.9 Å². The first-order valence-corrected chi connectivity index (χ1v) is 5.33. The Labute approximate surface area is 95.5 Å². The van der Waals surface area contributed by atoms with Crippen LogP contribution in [0.2, 0.25) is 0 Å². The summed E-state index contributed by atoms with van der Waals surface area (Å²) in [6, 6.07) is 7.93. The molecule has 3 nitrogen and oxygen atoms in total. The van der Waals surface area contributed by atoms with E-state index >= 15 is 0 Å². The SMILES string of the molecule is CC(C)(C)Oc1cccc(-c2ncc[nH]2)c1. The molecule has 84 valence electrons. The van der Waals surface area contributed by atoms with Gasteiger partial charge in [0.1, 0.15) is 17.2 Å². The molecule has 0 aliphatic rings. The van der Waals surface area contributed by atoms with Gasteiger partial charge in [0.2, 0.25) is 0 Å². The fraction of sp³-hybridized carbons (Fsp3) is 0.308. The highest BCUT2D eigenvalue weighted by Crippen LogP contribution is 2.23. The summed E-state index contributed by atoms with van der Waals surface area (Å²) >= 11 is 0. The number of hydrogen-bond donors (Lipinski definition) is 1. The average molecular weight is 216 g/mol. The smallest absolute Gasteiger partial charge is 0.137 e. The van der Waals surface area contributed by atoms with Crippen molar-refractivity contribution in [2.24, 2.45) is 0 Å². The predicted octanol–water partition coefficient (Wildman–Crippen LogP) is 3.25. The van der Waals surface area contributed by atoms with Crippen LogP contribution in [0.1, 0.15) is 20.8 Å². The normalized spacial score (nSPS) is 11.4. The second kappa shape index (κ2) is 4.00. The third-order valence-electron chi connectivity index (χ3n) is 2.03. The first-order chi connectivity index (χ1) is 7.54. The van der Waals surface area contributed by atoms with E-state index in [1.807, 2.05) is 51.2 Å². The van der Waals surface area contributed by atoms with Crippen LogP contribution in [-0.4, -0.2) is 15.6 Å². The maximum Gasteiger partial charge on any atom is 0.137 e. The van der Waals surface area contributed by atoms with Crippen molar-refractivity contribution in [3.63, 3.8) is 0 Å². The zero-order valence-corrected chi connectivity index (χ0v) is 9.82. The summed E-state index contributed by atoms with van der Waals surface area (Å²) in [6.07, 6.45) is 3.55. The Bertz CT molecular complexity index is 455. The van der Waals surface area contributed by atoms with Crippen molar-refractivity contribution in [1.82, 2.24) is 9.97 Å². The number of benzene rings is 1. The lowest BCUT2D eigenvalue weighted by Crippen LogP contribution is -2.22. The molecular formula is C13H16N2O. The van der Waals surface area contributed by atoms with Crippen molar-refractivity contribution in [1.29, 1.82) is 0 Å². The lowest BCUT2D eigenvalue weighted by molar-refractivity contribution is 0.131. The molecule has 0 fully saturated rings. The molecule has 0 aliphatic carbocycles. The van der Waals surface area contributed by atoms with E-state index < -0.39 is 0 Å². The van der Waals surface area contributed by atoms with Gasteiger partial charge in [-0.3, -0.25) is 0 Å². The molecule has 0 aliphatic heterocycles. The van der Waals surface area contributed by atoms with Crippen molar-refractivity contribution >= 4 is 0 Å². The van der Waals surface area contributed by atoms with Gasteiger partial charge >= 0.3 is 0 Å². The second-order valence-corrected chi connectivity index (χ2v) is 4.68. The van der Waals surface area contributed by atoms with Crippen LogP contribution in [0.15, 0.2) is 36.7 Å². The Balaban J connectivity index is 2.27. The van der Waals surface area contributed by atoms with E-state index in [-0.39, 0.29) is 5.60 Å². The van der Waals surface area contributed by atoms with Gasteiger partial charge in [-0.05, 0) is 32.9 Å². The van der Waals surface area contributed by atoms with Crippen LogP contribution in [0.5, 0.6) is 5.75 Å². The van der Waals surface area contributed by atoms with Crippen LogP contribution in [0.4, 0.5) is 0 Å². The molecule has 0 radical (unpaired) electrons. The molecule has 2 rings (SSSR count). The molecule has 0 unspecified atom stereocenters. The standard InChI is InChI=1S/C13H16N2O/c1-13(2,3)16-11-6-4-5-10(9-11)12-14-7-8-15-12/h4-9H,1-3H3,(H,14,15). The fourth-order valence-electron chi connectivity index (χ4n) is 1.48. The Kier molecular flexibility index (Phi) is 2.69. The van der Waals surface area contributed by atoms with Gasteiger partial charge in [0.15, 0.2) is 0 Å². The summed E-state index contributed by atoms with van der Waals surface area (Å²) in [6.45, 7) is 6.10. The van der Waals surface area contributed by atoms with Crippen LogP contribution in [-0.2, 0) is 0 Å². The number of nitrogens with one attached hydrogen (secondary N) is 1. The Hall–Kier alpha value is -1.77. The monoisotopic (exact) mass is 216 g/mol. The van der Waals surface area contributed by atoms with E-state index in [0.29, 0.717) is 0 Å². The lowest BCUT2D eigenvalue weighted by atomic mass is 10.1. The molecule has 2 aromatic rings. The Morgan fingerprint density at radius 1 is 1.25 bits per heavy atom. The number of aromatic amines is 1. The fourth-order valence-corrected chi connectivity index (χ4v) is 1.48. The summed E-state index contributed by atoms with van der Waals surface area (Å²) < 4.78 is 5.80. The van der Waals surface area contributed by atoms with Crippen molar-refractivity contribution < 1.29 is 4.74 Å². The summed E-state index contributed by atoms with van der Waals surface area (Å²) in [7, 11) is 0. The van der Waals surface area contributed by atoms with Crippen LogP contribution >= 0.6 is 0 Å². The van der Waals surface area contributed by atoms with Gasteiger partial charge in [0.05, 0.1) is 0 Å². The number of rotatable bonds is 2. The van der Waals surface area contributed by atoms with Crippen molar-refractivity contribution in [3.8, 4) is 17.1 Å². The van der Waals surface area contributed by atoms with E-state index in [1.165, 1.54) is 0 Å². The van der Waals surface area contributed by atoms with E-state index in [9.17, 15) is 0 Å². The molecule has 0 spiro atoms. The minimum atomic E-state index is -0.179. The zero-order chi connectivity index (χ0) is 11.6. The molecule has 1 heterocycles. The number of hydrogen-bond acceptors (Lipinski definition) is 2. The Morgan fingerprint density at radius 2 is 2.06 bits per heavy atom. The van der Waals surface area contributed by atoms with E-state index in [2.05, 4.69) is 9.97 Å². The van der Waals surface area contributed by atoms with Crippen molar-refractivity contribution in [2.75, 3.05) is 0 Å².